The number of nitrogens with one attached hydrogen (secondary N) is 2. The molecule has 5 nitrogen and oxygen atoms in total. The minimum atomic E-state index is 0.318. The van der Waals surface area contributed by atoms with Crippen LogP contribution < -0.4 is 10.6 Å². The lowest BCUT2D eigenvalue weighted by atomic mass is 10.1. The van der Waals surface area contributed by atoms with E-state index in [2.05, 4.69) is 70.3 Å². The lowest BCUT2D eigenvalue weighted by Crippen LogP contribution is -2.42. The van der Waals surface area contributed by atoms with Crippen molar-refractivity contribution in [1.82, 2.24) is 15.5 Å². The van der Waals surface area contributed by atoms with Crippen LogP contribution in [-0.4, -0.2) is 56.8 Å². The smallest absolute Gasteiger partial charge is 0.191 e. The van der Waals surface area contributed by atoms with E-state index in [0.29, 0.717) is 6.04 Å². The molecule has 2 aromatic rings. The molecule has 3 rings (SSSR count). The van der Waals surface area contributed by atoms with Crippen LogP contribution in [0.15, 0.2) is 52.8 Å². The van der Waals surface area contributed by atoms with Crippen LogP contribution in [0.25, 0.3) is 0 Å². The van der Waals surface area contributed by atoms with E-state index in [0.717, 1.165) is 58.3 Å². The van der Waals surface area contributed by atoms with E-state index in [1.165, 1.54) is 10.4 Å². The average molecular weight is 387 g/mol. The molecule has 1 fully saturated rings. The SMILES string of the molecule is CCNC(=NCC(c1cccs1)N1CCOCC1)NCCc1ccccc1. The second kappa shape index (κ2) is 11.1. The number of benzene rings is 1. The number of hydrogen-bond acceptors (Lipinski definition) is 4. The molecule has 6 heteroatoms. The number of ether oxygens (including phenoxy) is 1. The molecule has 1 saturated heterocycles. The van der Waals surface area contributed by atoms with Gasteiger partial charge in [-0.1, -0.05) is 36.4 Å². The minimum absolute atomic E-state index is 0.318. The molecule has 2 heterocycles. The van der Waals surface area contributed by atoms with Crippen molar-refractivity contribution in [2.75, 3.05) is 45.9 Å². The van der Waals surface area contributed by atoms with Gasteiger partial charge in [-0.05, 0) is 30.4 Å². The van der Waals surface area contributed by atoms with Crippen LogP contribution in [0.5, 0.6) is 0 Å². The van der Waals surface area contributed by atoms with Crippen molar-refractivity contribution < 1.29 is 4.74 Å². The van der Waals surface area contributed by atoms with Gasteiger partial charge in [-0.25, -0.2) is 0 Å². The van der Waals surface area contributed by atoms with Crippen molar-refractivity contribution in [1.29, 1.82) is 0 Å². The highest BCUT2D eigenvalue weighted by molar-refractivity contribution is 7.10. The van der Waals surface area contributed by atoms with E-state index in [9.17, 15) is 0 Å². The van der Waals surface area contributed by atoms with E-state index < -0.39 is 0 Å². The molecule has 0 bridgehead atoms. The maximum atomic E-state index is 5.53. The summed E-state index contributed by atoms with van der Waals surface area (Å²) in [6, 6.07) is 15.2. The van der Waals surface area contributed by atoms with Gasteiger partial charge in [0.25, 0.3) is 0 Å². The first kappa shape index (κ1) is 19.9. The molecule has 1 aliphatic heterocycles. The lowest BCUT2D eigenvalue weighted by Gasteiger charge is -2.33. The Kier molecular flexibility index (Phi) is 8.14. The Morgan fingerprint density at radius 1 is 1.15 bits per heavy atom. The summed E-state index contributed by atoms with van der Waals surface area (Å²) in [5.74, 6) is 0.892. The number of hydrogen-bond donors (Lipinski definition) is 2. The van der Waals surface area contributed by atoms with E-state index in [1.54, 1.807) is 0 Å². The Hall–Kier alpha value is -1.89. The van der Waals surface area contributed by atoms with Crippen LogP contribution in [-0.2, 0) is 11.2 Å². The topological polar surface area (TPSA) is 48.9 Å². The van der Waals surface area contributed by atoms with Gasteiger partial charge in [0.1, 0.15) is 0 Å². The third-order valence-corrected chi connectivity index (χ3v) is 5.65. The zero-order chi connectivity index (χ0) is 18.7. The van der Waals surface area contributed by atoms with Gasteiger partial charge in [-0.2, -0.15) is 0 Å². The molecule has 1 aliphatic rings. The zero-order valence-electron chi connectivity index (χ0n) is 16.1. The summed E-state index contributed by atoms with van der Waals surface area (Å²) < 4.78 is 5.53. The van der Waals surface area contributed by atoms with Crippen molar-refractivity contribution in [3.05, 3.63) is 58.3 Å². The molecule has 0 amide bonds. The molecule has 146 valence electrons. The van der Waals surface area contributed by atoms with Gasteiger partial charge < -0.3 is 15.4 Å². The van der Waals surface area contributed by atoms with Gasteiger partial charge in [-0.15, -0.1) is 11.3 Å². The van der Waals surface area contributed by atoms with Crippen molar-refractivity contribution >= 4 is 17.3 Å². The predicted molar refractivity (Wildman–Crippen MR) is 114 cm³/mol. The Morgan fingerprint density at radius 3 is 2.67 bits per heavy atom. The maximum Gasteiger partial charge on any atom is 0.191 e. The zero-order valence-corrected chi connectivity index (χ0v) is 16.9. The number of nitrogens with zero attached hydrogens (tertiary/aromatic N) is 2. The molecule has 0 spiro atoms. The maximum absolute atomic E-state index is 5.53. The molecule has 0 aliphatic carbocycles. The van der Waals surface area contributed by atoms with Crippen LogP contribution in [0.1, 0.15) is 23.4 Å². The standard InChI is InChI=1S/C21H30N4OS/c1-2-22-21(23-11-10-18-7-4-3-5-8-18)24-17-19(20-9-6-16-27-20)25-12-14-26-15-13-25/h3-9,16,19H,2,10-15,17H2,1H3,(H2,22,23,24). The summed E-state index contributed by atoms with van der Waals surface area (Å²) in [4.78, 5) is 8.76. The predicted octanol–water partition coefficient (Wildman–Crippen LogP) is 2.92. The molecule has 0 saturated carbocycles. The van der Waals surface area contributed by atoms with E-state index >= 15 is 0 Å². The number of guanidine groups is 1. The quantitative estimate of drug-likeness (QED) is 0.541. The summed E-state index contributed by atoms with van der Waals surface area (Å²) in [5, 5.41) is 8.99. The summed E-state index contributed by atoms with van der Waals surface area (Å²) in [6.45, 7) is 8.14. The molecule has 1 aromatic heterocycles. The molecule has 1 atom stereocenters. The average Bonchev–Trinajstić information content (AvgIpc) is 3.24. The van der Waals surface area contributed by atoms with Gasteiger partial charge >= 0.3 is 0 Å². The van der Waals surface area contributed by atoms with Gasteiger partial charge in [0.05, 0.1) is 25.8 Å². The third kappa shape index (κ3) is 6.34. The first-order valence-corrected chi connectivity index (χ1v) is 10.7. The first-order valence-electron chi connectivity index (χ1n) is 9.78. The van der Waals surface area contributed by atoms with Crippen molar-refractivity contribution in [3.8, 4) is 0 Å². The van der Waals surface area contributed by atoms with Crippen LogP contribution in [0.3, 0.4) is 0 Å². The molecule has 2 N–H and O–H groups in total. The Bertz CT molecular complexity index is 669. The number of aliphatic imine (C=N–C) groups is 1. The van der Waals surface area contributed by atoms with Crippen molar-refractivity contribution in [2.45, 2.75) is 19.4 Å². The summed E-state index contributed by atoms with van der Waals surface area (Å²) in [7, 11) is 0. The molecular weight excluding hydrogens is 356 g/mol. The highest BCUT2D eigenvalue weighted by Crippen LogP contribution is 2.26. The van der Waals surface area contributed by atoms with E-state index in [-0.39, 0.29) is 0 Å². The fourth-order valence-electron chi connectivity index (χ4n) is 3.24. The lowest BCUT2D eigenvalue weighted by molar-refractivity contribution is 0.0186. The summed E-state index contributed by atoms with van der Waals surface area (Å²) >= 11 is 1.81. The van der Waals surface area contributed by atoms with Crippen LogP contribution in [0.2, 0.25) is 0 Å². The van der Waals surface area contributed by atoms with Gasteiger partial charge in [0.15, 0.2) is 5.96 Å². The molecule has 27 heavy (non-hydrogen) atoms. The molecule has 1 aromatic carbocycles. The monoisotopic (exact) mass is 386 g/mol. The first-order chi connectivity index (χ1) is 13.4. The van der Waals surface area contributed by atoms with Gasteiger partial charge in [0, 0.05) is 31.1 Å². The molecule has 0 radical (unpaired) electrons. The normalized spacial score (nSPS) is 16.9. The molecule has 1 unspecified atom stereocenters. The Balaban J connectivity index is 1.60. The highest BCUT2D eigenvalue weighted by atomic mass is 32.1. The van der Waals surface area contributed by atoms with Crippen molar-refractivity contribution in [2.24, 2.45) is 4.99 Å². The van der Waals surface area contributed by atoms with Gasteiger partial charge in [-0.3, -0.25) is 9.89 Å². The number of morpholine rings is 1. The molecular formula is C21H30N4OS. The van der Waals surface area contributed by atoms with Crippen LogP contribution in [0, 0.1) is 0 Å². The summed E-state index contributed by atoms with van der Waals surface area (Å²) in [5.41, 5.74) is 1.34. The number of rotatable bonds is 8. The van der Waals surface area contributed by atoms with Crippen molar-refractivity contribution in [3.63, 3.8) is 0 Å². The van der Waals surface area contributed by atoms with Crippen LogP contribution in [0.4, 0.5) is 0 Å². The van der Waals surface area contributed by atoms with E-state index in [4.69, 9.17) is 9.73 Å². The Labute approximate surface area is 166 Å². The highest BCUT2D eigenvalue weighted by Gasteiger charge is 2.23. The summed E-state index contributed by atoms with van der Waals surface area (Å²) in [6.07, 6.45) is 0.989. The Morgan fingerprint density at radius 2 is 1.96 bits per heavy atom. The fraction of sp³-hybridized carbons (Fsp3) is 0.476. The second-order valence-electron chi connectivity index (χ2n) is 6.56. The largest absolute Gasteiger partial charge is 0.379 e. The minimum Gasteiger partial charge on any atom is -0.379 e. The number of thiophene rings is 1. The second-order valence-corrected chi connectivity index (χ2v) is 7.54. The van der Waals surface area contributed by atoms with E-state index in [1.807, 2.05) is 11.3 Å². The van der Waals surface area contributed by atoms with Crippen LogP contribution >= 0.6 is 11.3 Å². The fourth-order valence-corrected chi connectivity index (χ4v) is 4.10. The third-order valence-electron chi connectivity index (χ3n) is 4.67. The van der Waals surface area contributed by atoms with Gasteiger partial charge in [0.2, 0.25) is 0 Å².